The molecule has 0 unspecified atom stereocenters. The van der Waals surface area contributed by atoms with E-state index in [-0.39, 0.29) is 33.9 Å². The number of thiophene rings is 1. The monoisotopic (exact) mass is 482 g/mol. The van der Waals surface area contributed by atoms with Crippen LogP contribution in [0.3, 0.4) is 0 Å². The van der Waals surface area contributed by atoms with Crippen LogP contribution >= 0.6 is 50.5 Å². The van der Waals surface area contributed by atoms with Crippen LogP contribution in [0, 0.1) is 0 Å². The Hall–Kier alpha value is -0.640. The molecule has 0 atom stereocenters. The zero-order chi connectivity index (χ0) is 18.2. The minimum Gasteiger partial charge on any atom is -0.335 e. The SMILES string of the molecule is O=C(c1ccc(Br)s1)N1CCN(S(=O)(=O)c2c(Cl)cccc2Cl)CC1. The summed E-state index contributed by atoms with van der Waals surface area (Å²) in [5.41, 5.74) is 0. The number of hydrogen-bond acceptors (Lipinski definition) is 4. The maximum absolute atomic E-state index is 12.8. The van der Waals surface area contributed by atoms with Crippen molar-refractivity contribution in [3.8, 4) is 0 Å². The van der Waals surface area contributed by atoms with Crippen LogP contribution < -0.4 is 0 Å². The number of piperazine rings is 1. The Balaban J connectivity index is 1.75. The van der Waals surface area contributed by atoms with Gasteiger partial charge in [-0.3, -0.25) is 4.79 Å². The number of hydrogen-bond donors (Lipinski definition) is 0. The molecule has 0 radical (unpaired) electrons. The van der Waals surface area contributed by atoms with Gasteiger partial charge < -0.3 is 4.90 Å². The molecule has 1 saturated heterocycles. The van der Waals surface area contributed by atoms with Crippen molar-refractivity contribution in [3.63, 3.8) is 0 Å². The van der Waals surface area contributed by atoms with E-state index < -0.39 is 10.0 Å². The minimum atomic E-state index is -3.81. The van der Waals surface area contributed by atoms with Crippen molar-refractivity contribution in [2.24, 2.45) is 0 Å². The quantitative estimate of drug-likeness (QED) is 0.663. The van der Waals surface area contributed by atoms with Crippen molar-refractivity contribution in [2.45, 2.75) is 4.90 Å². The first-order valence-electron chi connectivity index (χ1n) is 7.29. The van der Waals surface area contributed by atoms with Gasteiger partial charge in [0, 0.05) is 26.2 Å². The van der Waals surface area contributed by atoms with Crippen molar-refractivity contribution >= 4 is 66.4 Å². The second-order valence-electron chi connectivity index (χ2n) is 5.35. The van der Waals surface area contributed by atoms with Crippen LogP contribution in [0.1, 0.15) is 9.67 Å². The average molecular weight is 484 g/mol. The highest BCUT2D eigenvalue weighted by Gasteiger charge is 2.33. The fourth-order valence-corrected chi connectivity index (χ4v) is 6.44. The van der Waals surface area contributed by atoms with E-state index in [2.05, 4.69) is 15.9 Å². The molecular weight excluding hydrogens is 471 g/mol. The molecule has 0 saturated carbocycles. The molecule has 10 heteroatoms. The summed E-state index contributed by atoms with van der Waals surface area (Å²) in [4.78, 5) is 14.6. The number of sulfonamides is 1. The average Bonchev–Trinajstić information content (AvgIpc) is 3.00. The first-order valence-corrected chi connectivity index (χ1v) is 11.1. The fourth-order valence-electron chi connectivity index (χ4n) is 2.57. The van der Waals surface area contributed by atoms with Crippen molar-refractivity contribution in [3.05, 3.63) is 49.0 Å². The highest BCUT2D eigenvalue weighted by Crippen LogP contribution is 2.32. The summed E-state index contributed by atoms with van der Waals surface area (Å²) >= 11 is 16.8. The number of nitrogens with zero attached hydrogens (tertiary/aromatic N) is 2. The van der Waals surface area contributed by atoms with Gasteiger partial charge in [-0.05, 0) is 40.2 Å². The van der Waals surface area contributed by atoms with Gasteiger partial charge in [0.25, 0.3) is 5.91 Å². The normalized spacial score (nSPS) is 16.2. The van der Waals surface area contributed by atoms with E-state index in [0.29, 0.717) is 18.0 Å². The summed E-state index contributed by atoms with van der Waals surface area (Å²) in [5.74, 6) is -0.0940. The number of benzene rings is 1. The van der Waals surface area contributed by atoms with Crippen molar-refractivity contribution in [1.82, 2.24) is 9.21 Å². The number of carbonyl (C=O) groups is 1. The molecule has 0 spiro atoms. The van der Waals surface area contributed by atoms with Gasteiger partial charge in [-0.25, -0.2) is 8.42 Å². The van der Waals surface area contributed by atoms with Gasteiger partial charge in [0.2, 0.25) is 10.0 Å². The summed E-state index contributed by atoms with van der Waals surface area (Å²) in [7, 11) is -3.81. The molecule has 134 valence electrons. The van der Waals surface area contributed by atoms with E-state index in [1.807, 2.05) is 6.07 Å². The van der Waals surface area contributed by atoms with Gasteiger partial charge in [-0.1, -0.05) is 29.3 Å². The summed E-state index contributed by atoms with van der Waals surface area (Å²) in [6.07, 6.45) is 0. The van der Waals surface area contributed by atoms with Crippen molar-refractivity contribution < 1.29 is 13.2 Å². The van der Waals surface area contributed by atoms with Gasteiger partial charge in [0.15, 0.2) is 0 Å². The predicted octanol–water partition coefficient (Wildman–Crippen LogP) is 3.96. The molecule has 0 aliphatic carbocycles. The number of rotatable bonds is 3. The predicted molar refractivity (Wildman–Crippen MR) is 103 cm³/mol. The highest BCUT2D eigenvalue weighted by atomic mass is 79.9. The van der Waals surface area contributed by atoms with Crippen LogP contribution in [0.2, 0.25) is 10.0 Å². The van der Waals surface area contributed by atoms with E-state index >= 15 is 0 Å². The summed E-state index contributed by atoms with van der Waals surface area (Å²) in [5, 5.41) is 0.184. The molecule has 1 aromatic carbocycles. The molecule has 2 heterocycles. The molecule has 5 nitrogen and oxygen atoms in total. The summed E-state index contributed by atoms with van der Waals surface area (Å²) in [6.45, 7) is 1.02. The smallest absolute Gasteiger partial charge is 0.264 e. The second kappa shape index (κ2) is 7.54. The Morgan fingerprint density at radius 2 is 1.64 bits per heavy atom. The summed E-state index contributed by atoms with van der Waals surface area (Å²) < 4.78 is 27.9. The second-order valence-corrected chi connectivity index (χ2v) is 10.5. The van der Waals surface area contributed by atoms with Crippen molar-refractivity contribution in [1.29, 1.82) is 0 Å². The van der Waals surface area contributed by atoms with E-state index in [4.69, 9.17) is 23.2 Å². The van der Waals surface area contributed by atoms with E-state index in [0.717, 1.165) is 3.79 Å². The maximum Gasteiger partial charge on any atom is 0.264 e. The van der Waals surface area contributed by atoms with Gasteiger partial charge in [0.1, 0.15) is 4.90 Å². The standard InChI is InChI=1S/C15H13BrCl2N2O3S2/c16-13-5-4-12(24-13)15(21)19-6-8-20(9-7-19)25(22,23)14-10(17)2-1-3-11(14)18/h1-5H,6-9H2. The lowest BCUT2D eigenvalue weighted by molar-refractivity contribution is 0.0703. The van der Waals surface area contributed by atoms with E-state index in [9.17, 15) is 13.2 Å². The fraction of sp³-hybridized carbons (Fsp3) is 0.267. The minimum absolute atomic E-state index is 0.0831. The third-order valence-corrected chi connectivity index (χ3v) is 8.29. The molecule has 1 fully saturated rings. The molecule has 3 rings (SSSR count). The van der Waals surface area contributed by atoms with Crippen molar-refractivity contribution in [2.75, 3.05) is 26.2 Å². The lowest BCUT2D eigenvalue weighted by Gasteiger charge is -2.34. The van der Waals surface area contributed by atoms with Crippen LogP contribution in [-0.4, -0.2) is 49.7 Å². The Morgan fingerprint density at radius 3 is 2.16 bits per heavy atom. The van der Waals surface area contributed by atoms with Gasteiger partial charge >= 0.3 is 0 Å². The first kappa shape index (κ1) is 19.1. The molecule has 1 aliphatic rings. The third-order valence-electron chi connectivity index (χ3n) is 3.83. The Morgan fingerprint density at radius 1 is 1.04 bits per heavy atom. The molecule has 1 aliphatic heterocycles. The zero-order valence-corrected chi connectivity index (χ0v) is 17.5. The number of halogens is 3. The van der Waals surface area contributed by atoms with Gasteiger partial charge in [-0.2, -0.15) is 4.31 Å². The van der Waals surface area contributed by atoms with Crippen LogP contribution in [-0.2, 0) is 10.0 Å². The Kier molecular flexibility index (Phi) is 5.77. The number of carbonyl (C=O) groups excluding carboxylic acids is 1. The molecule has 2 aromatic rings. The Bertz CT molecular complexity index is 889. The molecule has 0 N–H and O–H groups in total. The van der Waals surface area contributed by atoms with E-state index in [1.165, 1.54) is 27.8 Å². The molecular formula is C15H13BrCl2N2O3S2. The molecule has 25 heavy (non-hydrogen) atoms. The highest BCUT2D eigenvalue weighted by molar-refractivity contribution is 9.11. The van der Waals surface area contributed by atoms with E-state index in [1.54, 1.807) is 17.0 Å². The molecule has 1 amide bonds. The largest absolute Gasteiger partial charge is 0.335 e. The van der Waals surface area contributed by atoms with Crippen LogP contribution in [0.15, 0.2) is 39.0 Å². The van der Waals surface area contributed by atoms with Gasteiger partial charge in [0.05, 0.1) is 18.7 Å². The molecule has 0 bridgehead atoms. The van der Waals surface area contributed by atoms with Crippen LogP contribution in [0.5, 0.6) is 0 Å². The molecule has 1 aromatic heterocycles. The summed E-state index contributed by atoms with van der Waals surface area (Å²) in [6, 6.07) is 8.16. The van der Waals surface area contributed by atoms with Gasteiger partial charge in [-0.15, -0.1) is 11.3 Å². The van der Waals surface area contributed by atoms with Crippen LogP contribution in [0.25, 0.3) is 0 Å². The van der Waals surface area contributed by atoms with Crippen LogP contribution in [0.4, 0.5) is 0 Å². The third kappa shape index (κ3) is 3.89. The Labute approximate surface area is 168 Å². The topological polar surface area (TPSA) is 57.7 Å². The lowest BCUT2D eigenvalue weighted by atomic mass is 10.3. The maximum atomic E-state index is 12.8. The zero-order valence-electron chi connectivity index (χ0n) is 12.8. The number of amides is 1. The lowest BCUT2D eigenvalue weighted by Crippen LogP contribution is -2.50. The first-order chi connectivity index (χ1) is 11.8.